The van der Waals surface area contributed by atoms with Crippen LogP contribution in [-0.4, -0.2) is 33.2 Å². The molecule has 1 saturated heterocycles. The number of carbonyl (C=O) groups excluding carboxylic acids is 1. The molecule has 3 N–H and O–H groups in total. The lowest BCUT2D eigenvalue weighted by Crippen LogP contribution is -2.36. The van der Waals surface area contributed by atoms with Crippen LogP contribution in [0.1, 0.15) is 44.9 Å². The predicted molar refractivity (Wildman–Crippen MR) is 100 cm³/mol. The molecule has 138 valence electrons. The molecular formula is C18H27N3O3S. The van der Waals surface area contributed by atoms with Gasteiger partial charge in [-0.3, -0.25) is 9.10 Å². The Labute approximate surface area is 149 Å². The Morgan fingerprint density at radius 3 is 2.60 bits per heavy atom. The Kier molecular flexibility index (Phi) is 5.34. The minimum Gasteiger partial charge on any atom is -0.330 e. The molecule has 25 heavy (non-hydrogen) atoms. The fraction of sp³-hybridized carbons (Fsp3) is 0.611. The first kappa shape index (κ1) is 18.2. The van der Waals surface area contributed by atoms with Crippen LogP contribution in [0.4, 0.5) is 11.4 Å². The van der Waals surface area contributed by atoms with Gasteiger partial charge in [-0.25, -0.2) is 8.42 Å². The molecule has 1 aromatic rings. The van der Waals surface area contributed by atoms with E-state index < -0.39 is 10.0 Å². The quantitative estimate of drug-likeness (QED) is 0.838. The lowest BCUT2D eigenvalue weighted by molar-refractivity contribution is -0.118. The molecule has 1 saturated carbocycles. The Bertz CT molecular complexity index is 727. The molecule has 2 fully saturated rings. The van der Waals surface area contributed by atoms with Gasteiger partial charge in [-0.1, -0.05) is 25.3 Å². The lowest BCUT2D eigenvalue weighted by atomic mass is 9.71. The predicted octanol–water partition coefficient (Wildman–Crippen LogP) is 2.46. The first-order valence-corrected chi connectivity index (χ1v) is 10.7. The molecule has 1 heterocycles. The average Bonchev–Trinajstić information content (AvgIpc) is 2.95. The van der Waals surface area contributed by atoms with Crippen LogP contribution in [0.15, 0.2) is 24.3 Å². The number of nitrogens with two attached hydrogens (primary N) is 1. The van der Waals surface area contributed by atoms with Crippen LogP contribution in [0, 0.1) is 5.41 Å². The first-order chi connectivity index (χ1) is 11.9. The number of amides is 1. The van der Waals surface area contributed by atoms with E-state index >= 15 is 0 Å². The van der Waals surface area contributed by atoms with Crippen molar-refractivity contribution in [2.75, 3.05) is 28.5 Å². The van der Waals surface area contributed by atoms with Crippen LogP contribution in [0.3, 0.4) is 0 Å². The highest BCUT2D eigenvalue weighted by atomic mass is 32.2. The molecule has 7 heteroatoms. The van der Waals surface area contributed by atoms with Gasteiger partial charge in [0, 0.05) is 18.7 Å². The maximum absolute atomic E-state index is 12.5. The molecule has 1 amide bonds. The molecule has 3 rings (SSSR count). The van der Waals surface area contributed by atoms with Crippen molar-refractivity contribution in [1.29, 1.82) is 0 Å². The first-order valence-electron chi connectivity index (χ1n) is 9.05. The van der Waals surface area contributed by atoms with Crippen LogP contribution in [0.5, 0.6) is 0 Å². The number of sulfonamides is 1. The van der Waals surface area contributed by atoms with E-state index in [2.05, 4.69) is 5.32 Å². The molecule has 1 aromatic carbocycles. The van der Waals surface area contributed by atoms with E-state index in [0.29, 0.717) is 37.3 Å². The minimum atomic E-state index is -3.22. The van der Waals surface area contributed by atoms with Gasteiger partial charge in [0.1, 0.15) is 0 Å². The second kappa shape index (κ2) is 7.33. The summed E-state index contributed by atoms with van der Waals surface area (Å²) in [6.45, 7) is 1.03. The normalized spacial score (nSPS) is 21.9. The third-order valence-electron chi connectivity index (χ3n) is 5.40. The molecule has 6 nitrogen and oxygen atoms in total. The molecular weight excluding hydrogens is 338 g/mol. The van der Waals surface area contributed by atoms with Crippen LogP contribution in [-0.2, 0) is 14.8 Å². The van der Waals surface area contributed by atoms with E-state index in [-0.39, 0.29) is 17.1 Å². The SMILES string of the molecule is NCC1(CC(=O)Nc2cccc(N3CCCS3(=O)=O)c2)CCCCC1. The third kappa shape index (κ3) is 4.15. The molecule has 0 atom stereocenters. The number of nitrogens with zero attached hydrogens (tertiary/aromatic N) is 1. The molecule has 0 spiro atoms. The van der Waals surface area contributed by atoms with Gasteiger partial charge in [0.05, 0.1) is 11.4 Å². The summed E-state index contributed by atoms with van der Waals surface area (Å²) in [5.74, 6) is 0.136. The summed E-state index contributed by atoms with van der Waals surface area (Å²) in [6, 6.07) is 7.07. The van der Waals surface area contributed by atoms with Crippen molar-refractivity contribution in [2.24, 2.45) is 11.1 Å². The molecule has 0 aromatic heterocycles. The number of rotatable bonds is 5. The van der Waals surface area contributed by atoms with E-state index in [1.165, 1.54) is 10.7 Å². The van der Waals surface area contributed by atoms with Crippen LogP contribution in [0.2, 0.25) is 0 Å². The molecule has 1 aliphatic heterocycles. The summed E-state index contributed by atoms with van der Waals surface area (Å²) in [7, 11) is -3.22. The Balaban J connectivity index is 1.68. The van der Waals surface area contributed by atoms with Gasteiger partial charge >= 0.3 is 0 Å². The summed E-state index contributed by atoms with van der Waals surface area (Å²) < 4.78 is 25.6. The largest absolute Gasteiger partial charge is 0.330 e. The van der Waals surface area contributed by atoms with Gasteiger partial charge in [0.15, 0.2) is 0 Å². The summed E-state index contributed by atoms with van der Waals surface area (Å²) >= 11 is 0. The number of benzene rings is 1. The fourth-order valence-electron chi connectivity index (χ4n) is 3.97. The third-order valence-corrected chi connectivity index (χ3v) is 7.27. The van der Waals surface area contributed by atoms with Gasteiger partial charge in [-0.2, -0.15) is 0 Å². The van der Waals surface area contributed by atoms with E-state index in [9.17, 15) is 13.2 Å². The standard InChI is InChI=1S/C18H27N3O3S/c19-14-18(8-2-1-3-9-18)13-17(22)20-15-6-4-7-16(12-15)21-10-5-11-25(21,23)24/h4,6-7,12H,1-3,5,8-11,13-14,19H2,(H,20,22). The summed E-state index contributed by atoms with van der Waals surface area (Å²) in [5.41, 5.74) is 7.12. The number of hydrogen-bond acceptors (Lipinski definition) is 4. The Morgan fingerprint density at radius 2 is 1.96 bits per heavy atom. The van der Waals surface area contributed by atoms with Gasteiger partial charge in [-0.15, -0.1) is 0 Å². The van der Waals surface area contributed by atoms with Gasteiger partial charge in [0.25, 0.3) is 0 Å². The van der Waals surface area contributed by atoms with Gasteiger partial charge in [0.2, 0.25) is 15.9 Å². The van der Waals surface area contributed by atoms with Crippen LogP contribution < -0.4 is 15.4 Å². The molecule has 1 aliphatic carbocycles. The number of nitrogens with one attached hydrogen (secondary N) is 1. The Morgan fingerprint density at radius 1 is 1.20 bits per heavy atom. The van der Waals surface area contributed by atoms with Crippen molar-refractivity contribution in [3.05, 3.63) is 24.3 Å². The van der Waals surface area contributed by atoms with Crippen LogP contribution in [0.25, 0.3) is 0 Å². The highest BCUT2D eigenvalue weighted by Gasteiger charge is 2.33. The van der Waals surface area contributed by atoms with Crippen molar-refractivity contribution in [2.45, 2.75) is 44.9 Å². The minimum absolute atomic E-state index is 0.0474. The lowest BCUT2D eigenvalue weighted by Gasteiger charge is -2.35. The number of anilines is 2. The molecule has 0 radical (unpaired) electrons. The summed E-state index contributed by atoms with van der Waals surface area (Å²) in [5, 5.41) is 2.92. The van der Waals surface area contributed by atoms with Crippen molar-refractivity contribution in [3.63, 3.8) is 0 Å². The smallest absolute Gasteiger partial charge is 0.235 e. The van der Waals surface area contributed by atoms with E-state index in [0.717, 1.165) is 25.7 Å². The maximum atomic E-state index is 12.5. The topological polar surface area (TPSA) is 92.5 Å². The summed E-state index contributed by atoms with van der Waals surface area (Å²) in [6.07, 6.45) is 6.55. The van der Waals surface area contributed by atoms with Crippen molar-refractivity contribution in [1.82, 2.24) is 0 Å². The van der Waals surface area contributed by atoms with Crippen LogP contribution >= 0.6 is 0 Å². The van der Waals surface area contributed by atoms with Gasteiger partial charge in [-0.05, 0) is 49.4 Å². The average molecular weight is 365 g/mol. The highest BCUT2D eigenvalue weighted by Crippen LogP contribution is 2.38. The second-order valence-electron chi connectivity index (χ2n) is 7.28. The molecule has 0 unspecified atom stereocenters. The van der Waals surface area contributed by atoms with Crippen molar-refractivity contribution in [3.8, 4) is 0 Å². The van der Waals surface area contributed by atoms with E-state index in [1.807, 2.05) is 0 Å². The van der Waals surface area contributed by atoms with E-state index in [1.54, 1.807) is 24.3 Å². The maximum Gasteiger partial charge on any atom is 0.235 e. The number of carbonyl (C=O) groups is 1. The van der Waals surface area contributed by atoms with E-state index in [4.69, 9.17) is 5.73 Å². The molecule has 2 aliphatic rings. The highest BCUT2D eigenvalue weighted by molar-refractivity contribution is 7.93. The zero-order valence-electron chi connectivity index (χ0n) is 14.5. The monoisotopic (exact) mass is 365 g/mol. The van der Waals surface area contributed by atoms with Crippen molar-refractivity contribution < 1.29 is 13.2 Å². The summed E-state index contributed by atoms with van der Waals surface area (Å²) in [4.78, 5) is 12.5. The zero-order valence-corrected chi connectivity index (χ0v) is 15.4. The second-order valence-corrected chi connectivity index (χ2v) is 9.29. The van der Waals surface area contributed by atoms with Gasteiger partial charge < -0.3 is 11.1 Å². The molecule has 0 bridgehead atoms. The Hall–Kier alpha value is -1.60. The zero-order chi connectivity index (χ0) is 17.9. The fourth-order valence-corrected chi connectivity index (χ4v) is 5.53. The number of hydrogen-bond donors (Lipinski definition) is 2. The van der Waals surface area contributed by atoms with Crippen molar-refractivity contribution >= 4 is 27.3 Å².